The summed E-state index contributed by atoms with van der Waals surface area (Å²) in [7, 11) is 1.98. The van der Waals surface area contributed by atoms with Crippen LogP contribution in [0.15, 0.2) is 18.2 Å². The van der Waals surface area contributed by atoms with Crippen LogP contribution in [-0.4, -0.2) is 23.8 Å². The fourth-order valence-corrected chi connectivity index (χ4v) is 3.05. The van der Waals surface area contributed by atoms with E-state index in [0.29, 0.717) is 11.6 Å². The summed E-state index contributed by atoms with van der Waals surface area (Å²) < 4.78 is 0. The maximum Gasteiger partial charge on any atom is 0.270 e. The Morgan fingerprint density at radius 1 is 1.29 bits per heavy atom. The number of hydrogen-bond donors (Lipinski definition) is 0. The van der Waals surface area contributed by atoms with E-state index in [-0.39, 0.29) is 11.5 Å². The standard InChI is InChI=1S/C16H22N2O3/c1-11-4-6-13(7-5-11)17(3)16-9-8-14(18(20)21)10-15(16)12(2)19/h8-11,13H,4-7H2,1-3H3. The van der Waals surface area contributed by atoms with Gasteiger partial charge in [-0.15, -0.1) is 0 Å². The van der Waals surface area contributed by atoms with Crippen molar-refractivity contribution < 1.29 is 9.72 Å². The van der Waals surface area contributed by atoms with Crippen LogP contribution in [0, 0.1) is 16.0 Å². The lowest BCUT2D eigenvalue weighted by molar-refractivity contribution is -0.384. The highest BCUT2D eigenvalue weighted by Gasteiger charge is 2.25. The molecule has 1 aliphatic rings. The molecule has 21 heavy (non-hydrogen) atoms. The summed E-state index contributed by atoms with van der Waals surface area (Å²) in [6, 6.07) is 4.97. The third-order valence-corrected chi connectivity index (χ3v) is 4.48. The molecule has 0 unspecified atom stereocenters. The highest BCUT2D eigenvalue weighted by Crippen LogP contribution is 2.32. The lowest BCUT2D eigenvalue weighted by atomic mass is 9.86. The van der Waals surface area contributed by atoms with Crippen LogP contribution in [0.1, 0.15) is 49.9 Å². The van der Waals surface area contributed by atoms with E-state index >= 15 is 0 Å². The Morgan fingerprint density at radius 2 is 1.90 bits per heavy atom. The Kier molecular flexibility index (Phi) is 4.60. The van der Waals surface area contributed by atoms with Crippen molar-refractivity contribution >= 4 is 17.2 Å². The molecular formula is C16H22N2O3. The van der Waals surface area contributed by atoms with Crippen LogP contribution < -0.4 is 4.90 Å². The summed E-state index contributed by atoms with van der Waals surface area (Å²) in [5.41, 5.74) is 1.20. The molecule has 0 spiro atoms. The second-order valence-corrected chi connectivity index (χ2v) is 6.04. The van der Waals surface area contributed by atoms with Gasteiger partial charge in [0.05, 0.1) is 4.92 Å². The number of carbonyl (C=O) groups excluding carboxylic acids is 1. The fourth-order valence-electron chi connectivity index (χ4n) is 3.05. The van der Waals surface area contributed by atoms with Gasteiger partial charge in [-0.05, 0) is 44.6 Å². The highest BCUT2D eigenvalue weighted by atomic mass is 16.6. The molecule has 1 saturated carbocycles. The molecule has 0 radical (unpaired) electrons. The second kappa shape index (κ2) is 6.24. The zero-order chi connectivity index (χ0) is 15.6. The first-order valence-electron chi connectivity index (χ1n) is 7.42. The molecule has 5 nitrogen and oxygen atoms in total. The number of benzene rings is 1. The quantitative estimate of drug-likeness (QED) is 0.480. The Labute approximate surface area is 125 Å². The van der Waals surface area contributed by atoms with Crippen molar-refractivity contribution in [2.75, 3.05) is 11.9 Å². The first-order valence-corrected chi connectivity index (χ1v) is 7.42. The van der Waals surface area contributed by atoms with E-state index in [1.807, 2.05) is 7.05 Å². The maximum absolute atomic E-state index is 11.8. The zero-order valence-corrected chi connectivity index (χ0v) is 12.8. The van der Waals surface area contributed by atoms with Gasteiger partial charge in [-0.25, -0.2) is 0 Å². The first-order chi connectivity index (χ1) is 9.90. The number of hydrogen-bond acceptors (Lipinski definition) is 4. The molecule has 114 valence electrons. The average molecular weight is 290 g/mol. The van der Waals surface area contributed by atoms with Crippen LogP contribution >= 0.6 is 0 Å². The van der Waals surface area contributed by atoms with E-state index in [4.69, 9.17) is 0 Å². The minimum absolute atomic E-state index is 0.0328. The van der Waals surface area contributed by atoms with Crippen molar-refractivity contribution in [1.29, 1.82) is 0 Å². The van der Waals surface area contributed by atoms with Gasteiger partial charge in [0.15, 0.2) is 5.78 Å². The van der Waals surface area contributed by atoms with Gasteiger partial charge in [-0.1, -0.05) is 6.92 Å². The molecule has 0 atom stereocenters. The van der Waals surface area contributed by atoms with Gasteiger partial charge in [0.2, 0.25) is 0 Å². The highest BCUT2D eigenvalue weighted by molar-refractivity contribution is 6.00. The number of anilines is 1. The number of non-ortho nitro benzene ring substituents is 1. The van der Waals surface area contributed by atoms with E-state index in [9.17, 15) is 14.9 Å². The molecule has 0 saturated heterocycles. The third-order valence-electron chi connectivity index (χ3n) is 4.48. The molecule has 2 rings (SSSR count). The molecule has 0 heterocycles. The normalized spacial score (nSPS) is 21.9. The Hall–Kier alpha value is -1.91. The topological polar surface area (TPSA) is 63.4 Å². The lowest BCUT2D eigenvalue weighted by Gasteiger charge is -2.35. The van der Waals surface area contributed by atoms with Crippen molar-refractivity contribution in [3.05, 3.63) is 33.9 Å². The Bertz CT molecular complexity index is 548. The monoisotopic (exact) mass is 290 g/mol. The van der Waals surface area contributed by atoms with Gasteiger partial charge < -0.3 is 4.90 Å². The number of nitrogens with zero attached hydrogens (tertiary/aromatic N) is 2. The molecule has 0 amide bonds. The number of carbonyl (C=O) groups is 1. The van der Waals surface area contributed by atoms with Gasteiger partial charge >= 0.3 is 0 Å². The van der Waals surface area contributed by atoms with Crippen molar-refractivity contribution in [2.45, 2.75) is 45.6 Å². The zero-order valence-electron chi connectivity index (χ0n) is 12.8. The van der Waals surface area contributed by atoms with Crippen molar-refractivity contribution in [3.8, 4) is 0 Å². The molecular weight excluding hydrogens is 268 g/mol. The molecule has 0 aromatic heterocycles. The average Bonchev–Trinajstić information content (AvgIpc) is 2.46. The number of Topliss-reactive ketones (excluding diaryl/α,β-unsaturated/α-hetero) is 1. The minimum atomic E-state index is -0.460. The summed E-state index contributed by atoms with van der Waals surface area (Å²) in [5.74, 6) is 0.628. The van der Waals surface area contributed by atoms with Gasteiger partial charge in [0, 0.05) is 36.5 Å². The molecule has 5 heteroatoms. The van der Waals surface area contributed by atoms with Crippen molar-refractivity contribution in [3.63, 3.8) is 0 Å². The molecule has 1 aliphatic carbocycles. The Balaban J connectivity index is 2.29. The SMILES string of the molecule is CC(=O)c1cc([N+](=O)[O-])ccc1N(C)C1CCC(C)CC1. The summed E-state index contributed by atoms with van der Waals surface area (Å²) in [5, 5.41) is 10.9. The third kappa shape index (κ3) is 3.40. The van der Waals surface area contributed by atoms with Crippen LogP contribution in [-0.2, 0) is 0 Å². The van der Waals surface area contributed by atoms with Gasteiger partial charge in [0.1, 0.15) is 0 Å². The summed E-state index contributed by atoms with van der Waals surface area (Å²) >= 11 is 0. The van der Waals surface area contributed by atoms with Crippen LogP contribution in [0.4, 0.5) is 11.4 Å². The summed E-state index contributed by atoms with van der Waals surface area (Å²) in [6.07, 6.45) is 4.59. The minimum Gasteiger partial charge on any atom is -0.371 e. The largest absolute Gasteiger partial charge is 0.371 e. The molecule has 0 bridgehead atoms. The van der Waals surface area contributed by atoms with Crippen LogP contribution in [0.3, 0.4) is 0 Å². The molecule has 1 fully saturated rings. The Morgan fingerprint density at radius 3 is 2.43 bits per heavy atom. The molecule has 0 N–H and O–H groups in total. The van der Waals surface area contributed by atoms with E-state index in [1.54, 1.807) is 6.07 Å². The van der Waals surface area contributed by atoms with Crippen molar-refractivity contribution in [1.82, 2.24) is 0 Å². The second-order valence-electron chi connectivity index (χ2n) is 6.04. The lowest BCUT2D eigenvalue weighted by Crippen LogP contribution is -2.35. The number of ketones is 1. The maximum atomic E-state index is 11.8. The van der Waals surface area contributed by atoms with E-state index in [2.05, 4.69) is 11.8 Å². The predicted octanol–water partition coefficient (Wildman–Crippen LogP) is 3.81. The van der Waals surface area contributed by atoms with Crippen molar-refractivity contribution in [2.24, 2.45) is 5.92 Å². The van der Waals surface area contributed by atoms with Gasteiger partial charge in [-0.3, -0.25) is 14.9 Å². The first kappa shape index (κ1) is 15.5. The number of rotatable bonds is 4. The molecule has 1 aromatic carbocycles. The van der Waals surface area contributed by atoms with E-state index in [1.165, 1.54) is 31.9 Å². The van der Waals surface area contributed by atoms with Crippen LogP contribution in [0.5, 0.6) is 0 Å². The predicted molar refractivity (Wildman–Crippen MR) is 82.9 cm³/mol. The smallest absolute Gasteiger partial charge is 0.270 e. The summed E-state index contributed by atoms with van der Waals surface area (Å²) in [6.45, 7) is 3.72. The van der Waals surface area contributed by atoms with Gasteiger partial charge in [-0.2, -0.15) is 0 Å². The number of nitro benzene ring substituents is 1. The number of nitro groups is 1. The van der Waals surface area contributed by atoms with E-state index < -0.39 is 4.92 Å². The summed E-state index contributed by atoms with van der Waals surface area (Å²) in [4.78, 5) is 24.4. The van der Waals surface area contributed by atoms with Crippen LogP contribution in [0.2, 0.25) is 0 Å². The van der Waals surface area contributed by atoms with Gasteiger partial charge in [0.25, 0.3) is 5.69 Å². The fraction of sp³-hybridized carbons (Fsp3) is 0.562. The van der Waals surface area contributed by atoms with Crippen LogP contribution in [0.25, 0.3) is 0 Å². The van der Waals surface area contributed by atoms with E-state index in [0.717, 1.165) is 24.4 Å². The molecule has 0 aliphatic heterocycles. The molecule has 1 aromatic rings.